The molecule has 2 aromatic carbocycles. The number of amides is 1. The lowest BCUT2D eigenvalue weighted by atomic mass is 10.2. The van der Waals surface area contributed by atoms with Gasteiger partial charge in [-0.1, -0.05) is 24.3 Å². The lowest BCUT2D eigenvalue weighted by molar-refractivity contribution is -0.117. The van der Waals surface area contributed by atoms with Crippen LogP contribution in [0.4, 0.5) is 5.69 Å². The minimum Gasteiger partial charge on any atom is -0.436 e. The van der Waals surface area contributed by atoms with Gasteiger partial charge in [-0.3, -0.25) is 4.79 Å². The van der Waals surface area contributed by atoms with E-state index in [2.05, 4.69) is 31.3 Å². The van der Waals surface area contributed by atoms with Crippen molar-refractivity contribution in [1.29, 1.82) is 0 Å². The quantitative estimate of drug-likeness (QED) is 0.499. The van der Waals surface area contributed by atoms with E-state index in [0.717, 1.165) is 14.7 Å². The molecule has 0 radical (unpaired) electrons. The maximum atomic E-state index is 12.6. The molecule has 0 saturated heterocycles. The minimum atomic E-state index is -0.460. The first-order valence-electron chi connectivity index (χ1n) is 8.74. The molecule has 9 heteroatoms. The number of rotatable bonds is 5. The van der Waals surface area contributed by atoms with Crippen molar-refractivity contribution in [2.75, 3.05) is 5.32 Å². The van der Waals surface area contributed by atoms with Crippen molar-refractivity contribution in [2.24, 2.45) is 0 Å². The van der Waals surface area contributed by atoms with Crippen molar-refractivity contribution >= 4 is 33.2 Å². The van der Waals surface area contributed by atoms with E-state index in [1.807, 2.05) is 37.3 Å². The third-order valence-corrected chi connectivity index (χ3v) is 4.78. The number of nitrogens with zero attached hydrogens (tertiary/aromatic N) is 4. The number of halogens is 1. The standard InChI is InChI=1S/C20H16BrN5O3/c1-13-7-8-16(15(21)11-13)23-17(27)12-26-20(28)25-10-9-22-19(18(25)24-26)29-14-5-3-2-4-6-14/h2-11H,12H2,1H3,(H,23,27). The van der Waals surface area contributed by atoms with Gasteiger partial charge in [0.2, 0.25) is 11.6 Å². The number of nitrogens with one attached hydrogen (secondary N) is 1. The Balaban J connectivity index is 1.59. The molecule has 29 heavy (non-hydrogen) atoms. The minimum absolute atomic E-state index is 0.177. The fraction of sp³-hybridized carbons (Fsp3) is 0.100. The van der Waals surface area contributed by atoms with E-state index in [4.69, 9.17) is 4.74 Å². The molecule has 8 nitrogen and oxygen atoms in total. The first-order chi connectivity index (χ1) is 14.0. The van der Waals surface area contributed by atoms with E-state index in [1.165, 1.54) is 16.8 Å². The van der Waals surface area contributed by atoms with Gasteiger partial charge in [0.1, 0.15) is 12.3 Å². The molecule has 1 amide bonds. The zero-order chi connectivity index (χ0) is 20.4. The molecular formula is C20H16BrN5O3. The van der Waals surface area contributed by atoms with Crippen LogP contribution < -0.4 is 15.7 Å². The van der Waals surface area contributed by atoms with E-state index >= 15 is 0 Å². The first kappa shape index (κ1) is 18.9. The first-order valence-corrected chi connectivity index (χ1v) is 9.53. The summed E-state index contributed by atoms with van der Waals surface area (Å²) in [7, 11) is 0. The average Bonchev–Trinajstić information content (AvgIpc) is 3.02. The molecule has 0 spiro atoms. The number of carbonyl (C=O) groups excluding carboxylic acids is 1. The monoisotopic (exact) mass is 453 g/mol. The Kier molecular flexibility index (Phi) is 5.13. The lowest BCUT2D eigenvalue weighted by Gasteiger charge is -2.07. The van der Waals surface area contributed by atoms with Gasteiger partial charge in [0.25, 0.3) is 5.88 Å². The summed E-state index contributed by atoms with van der Waals surface area (Å²) in [6.45, 7) is 1.71. The number of fused-ring (bicyclic) bond motifs is 1. The van der Waals surface area contributed by atoms with Gasteiger partial charge in [0.15, 0.2) is 0 Å². The van der Waals surface area contributed by atoms with Gasteiger partial charge in [-0.15, -0.1) is 5.10 Å². The summed E-state index contributed by atoms with van der Waals surface area (Å²) in [5, 5.41) is 7.00. The summed E-state index contributed by atoms with van der Waals surface area (Å²) in [6.07, 6.45) is 2.93. The lowest BCUT2D eigenvalue weighted by Crippen LogP contribution is -2.28. The topological polar surface area (TPSA) is 90.5 Å². The number of aromatic nitrogens is 4. The van der Waals surface area contributed by atoms with Crippen molar-refractivity contribution in [3.63, 3.8) is 0 Å². The molecule has 0 aliphatic carbocycles. The van der Waals surface area contributed by atoms with Crippen LogP contribution in [0.3, 0.4) is 0 Å². The molecule has 1 N–H and O–H groups in total. The SMILES string of the molecule is Cc1ccc(NC(=O)Cn2nc3c(Oc4ccccc4)nccn3c2=O)c(Br)c1. The van der Waals surface area contributed by atoms with Crippen LogP contribution in [0.5, 0.6) is 11.6 Å². The maximum absolute atomic E-state index is 12.6. The predicted molar refractivity (Wildman–Crippen MR) is 111 cm³/mol. The summed E-state index contributed by atoms with van der Waals surface area (Å²) >= 11 is 3.42. The number of anilines is 1. The molecule has 0 atom stereocenters. The molecule has 4 rings (SSSR count). The van der Waals surface area contributed by atoms with E-state index in [1.54, 1.807) is 18.2 Å². The number of aryl methyl sites for hydroxylation is 1. The molecule has 4 aromatic rings. The van der Waals surface area contributed by atoms with Crippen molar-refractivity contribution in [3.8, 4) is 11.6 Å². The van der Waals surface area contributed by atoms with Crippen LogP contribution in [0, 0.1) is 6.92 Å². The highest BCUT2D eigenvalue weighted by Crippen LogP contribution is 2.23. The van der Waals surface area contributed by atoms with Crippen LogP contribution >= 0.6 is 15.9 Å². The fourth-order valence-corrected chi connectivity index (χ4v) is 3.34. The highest BCUT2D eigenvalue weighted by atomic mass is 79.9. The van der Waals surface area contributed by atoms with Gasteiger partial charge in [-0.25, -0.2) is 18.9 Å². The van der Waals surface area contributed by atoms with E-state index in [9.17, 15) is 9.59 Å². The molecule has 0 bridgehead atoms. The molecule has 0 unspecified atom stereocenters. The van der Waals surface area contributed by atoms with Crippen LogP contribution in [-0.2, 0) is 11.3 Å². The summed E-state index contributed by atoms with van der Waals surface area (Å²) in [4.78, 5) is 29.2. The summed E-state index contributed by atoms with van der Waals surface area (Å²) in [5.74, 6) is 0.367. The summed E-state index contributed by atoms with van der Waals surface area (Å²) in [5.41, 5.74) is 1.45. The Bertz CT molecular complexity index is 1250. The van der Waals surface area contributed by atoms with Gasteiger partial charge in [0.05, 0.1) is 5.69 Å². The predicted octanol–water partition coefficient (Wildman–Crippen LogP) is 3.39. The zero-order valence-corrected chi connectivity index (χ0v) is 17.0. The van der Waals surface area contributed by atoms with Crippen molar-refractivity contribution in [3.05, 3.63) is 81.4 Å². The van der Waals surface area contributed by atoms with Gasteiger partial charge in [-0.05, 0) is 52.7 Å². The molecule has 0 fully saturated rings. The van der Waals surface area contributed by atoms with Crippen LogP contribution in [0.2, 0.25) is 0 Å². The van der Waals surface area contributed by atoms with Crippen LogP contribution in [0.15, 0.2) is 70.2 Å². The van der Waals surface area contributed by atoms with Gasteiger partial charge in [0, 0.05) is 16.9 Å². The third kappa shape index (κ3) is 4.04. The fourth-order valence-electron chi connectivity index (χ4n) is 2.75. The van der Waals surface area contributed by atoms with E-state index in [-0.39, 0.29) is 24.0 Å². The van der Waals surface area contributed by atoms with Gasteiger partial charge >= 0.3 is 5.69 Å². The van der Waals surface area contributed by atoms with Gasteiger partial charge in [-0.2, -0.15) is 0 Å². The van der Waals surface area contributed by atoms with E-state index in [0.29, 0.717) is 11.4 Å². The van der Waals surface area contributed by atoms with Crippen LogP contribution in [-0.4, -0.2) is 25.1 Å². The largest absolute Gasteiger partial charge is 0.436 e. The molecular weight excluding hydrogens is 438 g/mol. The van der Waals surface area contributed by atoms with Crippen molar-refractivity contribution in [2.45, 2.75) is 13.5 Å². The molecule has 146 valence electrons. The van der Waals surface area contributed by atoms with Crippen LogP contribution in [0.25, 0.3) is 5.65 Å². The number of ether oxygens (including phenoxy) is 1. The summed E-state index contributed by atoms with van der Waals surface area (Å²) < 4.78 is 8.86. The molecule has 0 aliphatic rings. The van der Waals surface area contributed by atoms with Crippen molar-refractivity contribution < 1.29 is 9.53 Å². The third-order valence-electron chi connectivity index (χ3n) is 4.12. The highest BCUT2D eigenvalue weighted by molar-refractivity contribution is 9.10. The second-order valence-corrected chi connectivity index (χ2v) is 7.17. The highest BCUT2D eigenvalue weighted by Gasteiger charge is 2.16. The molecule has 2 aromatic heterocycles. The normalized spacial score (nSPS) is 10.8. The second kappa shape index (κ2) is 7.88. The molecule has 2 heterocycles. The Morgan fingerprint density at radius 2 is 2.00 bits per heavy atom. The maximum Gasteiger partial charge on any atom is 0.351 e. The Morgan fingerprint density at radius 1 is 1.21 bits per heavy atom. The Morgan fingerprint density at radius 3 is 2.76 bits per heavy atom. The van der Waals surface area contributed by atoms with Crippen molar-refractivity contribution in [1.82, 2.24) is 19.2 Å². The average molecular weight is 454 g/mol. The zero-order valence-electron chi connectivity index (χ0n) is 15.4. The summed E-state index contributed by atoms with van der Waals surface area (Å²) in [6, 6.07) is 14.6. The molecule has 0 saturated carbocycles. The Labute approximate surface area is 173 Å². The van der Waals surface area contributed by atoms with E-state index < -0.39 is 5.69 Å². The van der Waals surface area contributed by atoms with Crippen LogP contribution in [0.1, 0.15) is 5.56 Å². The Hall–Kier alpha value is -3.46. The van der Waals surface area contributed by atoms with Gasteiger partial charge < -0.3 is 10.1 Å². The number of hydrogen-bond donors (Lipinski definition) is 1. The number of benzene rings is 2. The smallest absolute Gasteiger partial charge is 0.351 e. The number of hydrogen-bond acceptors (Lipinski definition) is 5. The number of para-hydroxylation sites is 1. The number of carbonyl (C=O) groups is 1. The molecule has 0 aliphatic heterocycles. The second-order valence-electron chi connectivity index (χ2n) is 6.31.